The van der Waals surface area contributed by atoms with E-state index < -0.39 is 5.97 Å². The molecule has 2 aromatic heterocycles. The molecule has 2 aromatic carbocycles. The average molecular weight is 438 g/mol. The van der Waals surface area contributed by atoms with Crippen molar-refractivity contribution in [3.63, 3.8) is 0 Å². The summed E-state index contributed by atoms with van der Waals surface area (Å²) in [6.07, 6.45) is 5.46. The third kappa shape index (κ3) is 4.59. The molecule has 5 rings (SSSR count). The first-order valence-electron chi connectivity index (χ1n) is 10.8. The predicted octanol–water partition coefficient (Wildman–Crippen LogP) is 4.89. The Morgan fingerprint density at radius 3 is 2.70 bits per heavy atom. The maximum atomic E-state index is 11.9. The molecule has 164 valence electrons. The van der Waals surface area contributed by atoms with Gasteiger partial charge in [0.05, 0.1) is 18.8 Å². The number of rotatable bonds is 4. The highest BCUT2D eigenvalue weighted by molar-refractivity contribution is 5.98. The standard InChI is InChI=1S/C27H22N2O4/c30-27(31)24-3-1-2-19(25(24)21-16-20-10-13-28-26(20)29-17-21)7-4-18-5-8-22(9-6-18)33-23-11-14-32-15-12-23/h1-3,5-6,8-10,13,16-17,23H,11-12,14-15H2,(H,28,29)(H,30,31). The van der Waals surface area contributed by atoms with Crippen LogP contribution in [0.2, 0.25) is 0 Å². The number of H-pyrrole nitrogens is 1. The minimum Gasteiger partial charge on any atom is -0.490 e. The van der Waals surface area contributed by atoms with Gasteiger partial charge in [-0.2, -0.15) is 0 Å². The van der Waals surface area contributed by atoms with Crippen LogP contribution >= 0.6 is 0 Å². The van der Waals surface area contributed by atoms with Gasteiger partial charge in [-0.15, -0.1) is 0 Å². The third-order valence-corrected chi connectivity index (χ3v) is 5.65. The van der Waals surface area contributed by atoms with Crippen LogP contribution < -0.4 is 4.74 Å². The molecule has 1 saturated heterocycles. The fourth-order valence-corrected chi connectivity index (χ4v) is 3.96. The van der Waals surface area contributed by atoms with Crippen molar-refractivity contribution in [1.82, 2.24) is 9.97 Å². The Kier molecular flexibility index (Phi) is 5.79. The Morgan fingerprint density at radius 2 is 1.91 bits per heavy atom. The number of aromatic carboxylic acids is 1. The first-order valence-corrected chi connectivity index (χ1v) is 10.8. The Labute approximate surface area is 191 Å². The number of hydrogen-bond donors (Lipinski definition) is 2. The van der Waals surface area contributed by atoms with Crippen LogP contribution in [0.5, 0.6) is 5.75 Å². The minimum absolute atomic E-state index is 0.183. The van der Waals surface area contributed by atoms with Gasteiger partial charge in [-0.3, -0.25) is 0 Å². The van der Waals surface area contributed by atoms with Crippen LogP contribution in [0.3, 0.4) is 0 Å². The van der Waals surface area contributed by atoms with E-state index in [4.69, 9.17) is 9.47 Å². The lowest BCUT2D eigenvalue weighted by atomic mass is 9.95. The second-order valence-corrected chi connectivity index (χ2v) is 7.88. The molecule has 1 aliphatic heterocycles. The number of fused-ring (bicyclic) bond motifs is 1. The van der Waals surface area contributed by atoms with Crippen LogP contribution in [0.25, 0.3) is 22.2 Å². The number of aromatic nitrogens is 2. The summed E-state index contributed by atoms with van der Waals surface area (Å²) in [6.45, 7) is 1.47. The average Bonchev–Trinajstić information content (AvgIpc) is 3.32. The molecule has 1 aliphatic rings. The molecular weight excluding hydrogens is 416 g/mol. The molecule has 6 nitrogen and oxygen atoms in total. The molecule has 1 fully saturated rings. The second-order valence-electron chi connectivity index (χ2n) is 7.88. The van der Waals surface area contributed by atoms with Gasteiger partial charge >= 0.3 is 5.97 Å². The number of nitrogens with one attached hydrogen (secondary N) is 1. The lowest BCUT2D eigenvalue weighted by Gasteiger charge is -2.23. The Morgan fingerprint density at radius 1 is 1.09 bits per heavy atom. The number of nitrogens with zero attached hydrogens (tertiary/aromatic N) is 1. The molecule has 0 radical (unpaired) electrons. The second kappa shape index (κ2) is 9.19. The van der Waals surface area contributed by atoms with Crippen molar-refractivity contribution in [2.75, 3.05) is 13.2 Å². The van der Waals surface area contributed by atoms with Crippen molar-refractivity contribution in [2.24, 2.45) is 0 Å². The molecule has 0 unspecified atom stereocenters. The number of pyridine rings is 1. The maximum Gasteiger partial charge on any atom is 0.336 e. The molecule has 0 bridgehead atoms. The lowest BCUT2D eigenvalue weighted by Crippen LogP contribution is -2.25. The van der Waals surface area contributed by atoms with E-state index in [1.165, 1.54) is 0 Å². The summed E-state index contributed by atoms with van der Waals surface area (Å²) in [5, 5.41) is 10.7. The number of ether oxygens (including phenoxy) is 2. The SMILES string of the molecule is O=C(O)c1cccc(C#Cc2ccc(OC3CCOCC3)cc2)c1-c1cnc2[nH]ccc2c1. The molecule has 0 saturated carbocycles. The van der Waals surface area contributed by atoms with Gasteiger partial charge in [-0.05, 0) is 48.5 Å². The van der Waals surface area contributed by atoms with Crippen molar-refractivity contribution in [1.29, 1.82) is 0 Å². The number of carboxylic acid groups (broad SMARTS) is 1. The van der Waals surface area contributed by atoms with E-state index in [0.717, 1.165) is 48.4 Å². The number of benzene rings is 2. The first-order chi connectivity index (χ1) is 16.2. The van der Waals surface area contributed by atoms with E-state index >= 15 is 0 Å². The zero-order chi connectivity index (χ0) is 22.6. The van der Waals surface area contributed by atoms with Crippen molar-refractivity contribution in [2.45, 2.75) is 18.9 Å². The van der Waals surface area contributed by atoms with Gasteiger partial charge in [0.15, 0.2) is 0 Å². The van der Waals surface area contributed by atoms with Crippen LogP contribution in [0.15, 0.2) is 67.0 Å². The van der Waals surface area contributed by atoms with Crippen molar-refractivity contribution < 1.29 is 19.4 Å². The molecule has 0 amide bonds. The van der Waals surface area contributed by atoms with E-state index in [-0.39, 0.29) is 11.7 Å². The molecule has 3 heterocycles. The summed E-state index contributed by atoms with van der Waals surface area (Å²) in [5.41, 5.74) is 3.67. The first kappa shape index (κ1) is 20.8. The lowest BCUT2D eigenvalue weighted by molar-refractivity contribution is 0.0255. The van der Waals surface area contributed by atoms with Gasteiger partial charge in [-0.25, -0.2) is 9.78 Å². The highest BCUT2D eigenvalue weighted by Gasteiger charge is 2.17. The van der Waals surface area contributed by atoms with Gasteiger partial charge in [-0.1, -0.05) is 17.9 Å². The van der Waals surface area contributed by atoms with Crippen LogP contribution in [-0.2, 0) is 4.74 Å². The van der Waals surface area contributed by atoms with Gasteiger partial charge in [0.2, 0.25) is 0 Å². The summed E-state index contributed by atoms with van der Waals surface area (Å²) in [6, 6.07) is 16.6. The molecular formula is C27H22N2O4. The third-order valence-electron chi connectivity index (χ3n) is 5.65. The predicted molar refractivity (Wildman–Crippen MR) is 125 cm³/mol. The van der Waals surface area contributed by atoms with E-state index in [9.17, 15) is 9.90 Å². The van der Waals surface area contributed by atoms with Crippen molar-refractivity contribution in [3.05, 3.63) is 83.7 Å². The molecule has 6 heteroatoms. The normalized spacial score (nSPS) is 13.9. The van der Waals surface area contributed by atoms with E-state index in [2.05, 4.69) is 21.8 Å². The number of carbonyl (C=O) groups is 1. The topological polar surface area (TPSA) is 84.4 Å². The number of hydrogen-bond acceptors (Lipinski definition) is 4. The molecule has 33 heavy (non-hydrogen) atoms. The van der Waals surface area contributed by atoms with Crippen molar-refractivity contribution in [3.8, 4) is 28.7 Å². The fraction of sp³-hybridized carbons (Fsp3) is 0.185. The highest BCUT2D eigenvalue weighted by Crippen LogP contribution is 2.29. The summed E-state index contributed by atoms with van der Waals surface area (Å²) < 4.78 is 11.4. The van der Waals surface area contributed by atoms with Crippen LogP contribution in [0.4, 0.5) is 0 Å². The zero-order valence-electron chi connectivity index (χ0n) is 17.9. The Balaban J connectivity index is 1.45. The Hall–Kier alpha value is -4.08. The van der Waals surface area contributed by atoms with E-state index in [1.807, 2.05) is 42.5 Å². The number of carboxylic acids is 1. The minimum atomic E-state index is -1.00. The van der Waals surface area contributed by atoms with Crippen LogP contribution in [0.1, 0.15) is 34.3 Å². The van der Waals surface area contributed by atoms with Gasteiger partial charge in [0.1, 0.15) is 17.5 Å². The highest BCUT2D eigenvalue weighted by atomic mass is 16.5. The Bertz CT molecular complexity index is 1360. The van der Waals surface area contributed by atoms with Gasteiger partial charge < -0.3 is 19.6 Å². The fourth-order valence-electron chi connectivity index (χ4n) is 3.96. The van der Waals surface area contributed by atoms with Gasteiger partial charge in [0, 0.05) is 52.9 Å². The van der Waals surface area contributed by atoms with Crippen LogP contribution in [0, 0.1) is 11.8 Å². The largest absolute Gasteiger partial charge is 0.490 e. The van der Waals surface area contributed by atoms with E-state index in [1.54, 1.807) is 24.5 Å². The monoisotopic (exact) mass is 438 g/mol. The van der Waals surface area contributed by atoms with Crippen molar-refractivity contribution >= 4 is 17.0 Å². The van der Waals surface area contributed by atoms with E-state index in [0.29, 0.717) is 16.7 Å². The summed E-state index contributed by atoms with van der Waals surface area (Å²) in [4.78, 5) is 19.4. The molecule has 4 aromatic rings. The van der Waals surface area contributed by atoms with Gasteiger partial charge in [0.25, 0.3) is 0 Å². The smallest absolute Gasteiger partial charge is 0.336 e. The molecule has 2 N–H and O–H groups in total. The molecule has 0 spiro atoms. The maximum absolute atomic E-state index is 11.9. The zero-order valence-corrected chi connectivity index (χ0v) is 17.9. The summed E-state index contributed by atoms with van der Waals surface area (Å²) in [5.74, 6) is 6.12. The quantitative estimate of drug-likeness (QED) is 0.444. The van der Waals surface area contributed by atoms with Crippen LogP contribution in [-0.4, -0.2) is 40.4 Å². The molecule has 0 aliphatic carbocycles. The molecule has 0 atom stereocenters. The number of aromatic amines is 1. The summed E-state index contributed by atoms with van der Waals surface area (Å²) in [7, 11) is 0. The summed E-state index contributed by atoms with van der Waals surface area (Å²) >= 11 is 0.